The third kappa shape index (κ3) is 3.28. The SMILES string of the molecule is CN(O)OCc1ccc(F)c(Cl)c1. The minimum Gasteiger partial charge on any atom is -0.290 e. The van der Waals surface area contributed by atoms with Crippen molar-refractivity contribution in [3.8, 4) is 0 Å². The van der Waals surface area contributed by atoms with Gasteiger partial charge < -0.3 is 0 Å². The van der Waals surface area contributed by atoms with E-state index in [4.69, 9.17) is 21.6 Å². The van der Waals surface area contributed by atoms with Crippen LogP contribution >= 0.6 is 11.6 Å². The van der Waals surface area contributed by atoms with E-state index >= 15 is 0 Å². The highest BCUT2D eigenvalue weighted by atomic mass is 35.5. The first-order valence-electron chi connectivity index (χ1n) is 3.59. The Labute approximate surface area is 80.2 Å². The maximum Gasteiger partial charge on any atom is 0.141 e. The van der Waals surface area contributed by atoms with Gasteiger partial charge in [0.25, 0.3) is 0 Å². The first kappa shape index (κ1) is 10.4. The molecule has 0 aliphatic rings. The molecule has 5 heteroatoms. The molecule has 0 unspecified atom stereocenters. The predicted octanol–water partition coefficient (Wildman–Crippen LogP) is 2.23. The van der Waals surface area contributed by atoms with Crippen molar-refractivity contribution < 1.29 is 14.4 Å². The molecule has 0 fully saturated rings. The Balaban J connectivity index is 2.63. The van der Waals surface area contributed by atoms with Crippen LogP contribution in [0.5, 0.6) is 0 Å². The Morgan fingerprint density at radius 3 is 2.85 bits per heavy atom. The maximum atomic E-state index is 12.7. The van der Waals surface area contributed by atoms with E-state index < -0.39 is 5.82 Å². The van der Waals surface area contributed by atoms with Crippen molar-refractivity contribution >= 4 is 11.6 Å². The highest BCUT2D eigenvalue weighted by Crippen LogP contribution is 2.16. The molecule has 72 valence electrons. The molecular formula is C8H9ClFNO2. The monoisotopic (exact) mass is 205 g/mol. The number of nitrogens with zero attached hydrogens (tertiary/aromatic N) is 1. The molecule has 0 atom stereocenters. The number of rotatable bonds is 3. The summed E-state index contributed by atoms with van der Waals surface area (Å²) in [4.78, 5) is 4.73. The molecule has 13 heavy (non-hydrogen) atoms. The van der Waals surface area contributed by atoms with Gasteiger partial charge in [-0.25, -0.2) is 4.39 Å². The summed E-state index contributed by atoms with van der Waals surface area (Å²) in [6.07, 6.45) is 0. The van der Waals surface area contributed by atoms with Crippen LogP contribution in [0, 0.1) is 5.82 Å². The second kappa shape index (κ2) is 4.53. The highest BCUT2D eigenvalue weighted by molar-refractivity contribution is 6.30. The van der Waals surface area contributed by atoms with E-state index in [2.05, 4.69) is 0 Å². The third-order valence-corrected chi connectivity index (χ3v) is 1.69. The zero-order chi connectivity index (χ0) is 9.84. The van der Waals surface area contributed by atoms with Crippen molar-refractivity contribution in [2.75, 3.05) is 7.05 Å². The average molecular weight is 206 g/mol. The molecule has 0 bridgehead atoms. The van der Waals surface area contributed by atoms with E-state index in [1.165, 1.54) is 25.2 Å². The number of benzene rings is 1. The van der Waals surface area contributed by atoms with E-state index in [1.54, 1.807) is 0 Å². The fraction of sp³-hybridized carbons (Fsp3) is 0.250. The van der Waals surface area contributed by atoms with E-state index in [-0.39, 0.29) is 11.6 Å². The van der Waals surface area contributed by atoms with Gasteiger partial charge in [0.1, 0.15) is 5.82 Å². The van der Waals surface area contributed by atoms with Crippen molar-refractivity contribution in [3.63, 3.8) is 0 Å². The first-order chi connectivity index (χ1) is 6.09. The quantitative estimate of drug-likeness (QED) is 0.769. The Kier molecular flexibility index (Phi) is 3.62. The van der Waals surface area contributed by atoms with E-state index in [0.29, 0.717) is 10.8 Å². The molecular weight excluding hydrogens is 197 g/mol. The summed E-state index contributed by atoms with van der Waals surface area (Å²) >= 11 is 5.52. The van der Waals surface area contributed by atoms with Crippen LogP contribution in [0.1, 0.15) is 5.56 Å². The van der Waals surface area contributed by atoms with Crippen LogP contribution in [0.15, 0.2) is 18.2 Å². The Hall–Kier alpha value is -0.680. The molecule has 1 N–H and O–H groups in total. The van der Waals surface area contributed by atoms with Gasteiger partial charge in [0.2, 0.25) is 0 Å². The molecule has 0 aromatic heterocycles. The largest absolute Gasteiger partial charge is 0.290 e. The number of hydrogen-bond acceptors (Lipinski definition) is 3. The summed E-state index contributed by atoms with van der Waals surface area (Å²) in [6, 6.07) is 4.23. The van der Waals surface area contributed by atoms with Gasteiger partial charge in [0, 0.05) is 7.05 Å². The van der Waals surface area contributed by atoms with Crippen LogP contribution in [0.2, 0.25) is 5.02 Å². The van der Waals surface area contributed by atoms with Crippen molar-refractivity contribution in [1.29, 1.82) is 0 Å². The van der Waals surface area contributed by atoms with Gasteiger partial charge in [0.15, 0.2) is 0 Å². The van der Waals surface area contributed by atoms with Gasteiger partial charge in [0.05, 0.1) is 11.6 Å². The van der Waals surface area contributed by atoms with Crippen LogP contribution < -0.4 is 0 Å². The molecule has 0 heterocycles. The number of halogens is 2. The second-order valence-corrected chi connectivity index (χ2v) is 2.89. The summed E-state index contributed by atoms with van der Waals surface area (Å²) in [5.41, 5.74) is 0.687. The zero-order valence-electron chi connectivity index (χ0n) is 7.00. The highest BCUT2D eigenvalue weighted by Gasteiger charge is 2.01. The van der Waals surface area contributed by atoms with Gasteiger partial charge in [-0.2, -0.15) is 0 Å². The van der Waals surface area contributed by atoms with Crippen LogP contribution in [0.25, 0.3) is 0 Å². The molecule has 1 rings (SSSR count). The second-order valence-electron chi connectivity index (χ2n) is 2.49. The minimum absolute atomic E-state index is 0.0432. The summed E-state index contributed by atoms with van der Waals surface area (Å²) in [5.74, 6) is -0.470. The van der Waals surface area contributed by atoms with Crippen LogP contribution in [0.4, 0.5) is 4.39 Å². The lowest BCUT2D eigenvalue weighted by atomic mass is 10.2. The molecule has 0 amide bonds. The lowest BCUT2D eigenvalue weighted by molar-refractivity contribution is -0.330. The summed E-state index contributed by atoms with van der Waals surface area (Å²) in [5, 5.41) is 9.27. The third-order valence-electron chi connectivity index (χ3n) is 1.40. The first-order valence-corrected chi connectivity index (χ1v) is 3.97. The lowest BCUT2D eigenvalue weighted by Gasteiger charge is -2.08. The van der Waals surface area contributed by atoms with E-state index in [9.17, 15) is 4.39 Å². The Morgan fingerprint density at radius 1 is 1.62 bits per heavy atom. The van der Waals surface area contributed by atoms with Gasteiger partial charge in [-0.15, -0.1) is 0 Å². The molecule has 0 radical (unpaired) electrons. The van der Waals surface area contributed by atoms with Crippen molar-refractivity contribution in [3.05, 3.63) is 34.6 Å². The fourth-order valence-electron chi connectivity index (χ4n) is 0.797. The van der Waals surface area contributed by atoms with E-state index in [0.717, 1.165) is 0 Å². The summed E-state index contributed by atoms with van der Waals surface area (Å²) in [6.45, 7) is 0.146. The van der Waals surface area contributed by atoms with Crippen molar-refractivity contribution in [1.82, 2.24) is 5.23 Å². The van der Waals surface area contributed by atoms with Gasteiger partial charge in [-0.3, -0.25) is 10.0 Å². The van der Waals surface area contributed by atoms with E-state index in [1.807, 2.05) is 0 Å². The molecule has 0 saturated heterocycles. The normalized spacial score (nSPS) is 10.8. The molecule has 0 aliphatic heterocycles. The standard InChI is InChI=1S/C8H9ClFNO2/c1-11(12)13-5-6-2-3-8(10)7(9)4-6/h2-4,12H,5H2,1H3. The number of hydrogen-bond donors (Lipinski definition) is 1. The smallest absolute Gasteiger partial charge is 0.141 e. The summed E-state index contributed by atoms with van der Waals surface area (Å²) < 4.78 is 12.7. The van der Waals surface area contributed by atoms with Crippen LogP contribution in [-0.2, 0) is 11.4 Å². The molecule has 0 saturated carbocycles. The van der Waals surface area contributed by atoms with Crippen LogP contribution in [-0.4, -0.2) is 17.5 Å². The van der Waals surface area contributed by atoms with Crippen molar-refractivity contribution in [2.45, 2.75) is 6.61 Å². The van der Waals surface area contributed by atoms with Gasteiger partial charge in [-0.1, -0.05) is 22.9 Å². The van der Waals surface area contributed by atoms with Crippen LogP contribution in [0.3, 0.4) is 0 Å². The molecule has 0 aliphatic carbocycles. The topological polar surface area (TPSA) is 32.7 Å². The zero-order valence-corrected chi connectivity index (χ0v) is 7.75. The number of hydroxylamine groups is 2. The molecule has 0 spiro atoms. The Morgan fingerprint density at radius 2 is 2.31 bits per heavy atom. The lowest BCUT2D eigenvalue weighted by Crippen LogP contribution is -2.12. The summed E-state index contributed by atoms with van der Waals surface area (Å²) in [7, 11) is 1.34. The maximum absolute atomic E-state index is 12.7. The molecule has 1 aromatic carbocycles. The fourth-order valence-corrected chi connectivity index (χ4v) is 1.00. The van der Waals surface area contributed by atoms with Gasteiger partial charge in [-0.05, 0) is 17.7 Å². The molecule has 1 aromatic rings. The minimum atomic E-state index is -0.470. The van der Waals surface area contributed by atoms with Gasteiger partial charge >= 0.3 is 0 Å². The predicted molar refractivity (Wildman–Crippen MR) is 45.7 cm³/mol. The molecule has 3 nitrogen and oxygen atoms in total. The average Bonchev–Trinajstić information content (AvgIpc) is 2.07. The van der Waals surface area contributed by atoms with Crippen molar-refractivity contribution in [2.24, 2.45) is 0 Å². The Bertz CT molecular complexity index is 293.